The second-order valence-corrected chi connectivity index (χ2v) is 7.24. The third-order valence-corrected chi connectivity index (χ3v) is 5.20. The molecule has 0 saturated carbocycles. The van der Waals surface area contributed by atoms with E-state index in [2.05, 4.69) is 46.4 Å². The molecule has 3 heterocycles. The highest BCUT2D eigenvalue weighted by atomic mass is 16.5. The molecule has 0 amide bonds. The lowest BCUT2D eigenvalue weighted by Gasteiger charge is -2.19. The minimum atomic E-state index is -0.530. The summed E-state index contributed by atoms with van der Waals surface area (Å²) in [5, 5.41) is 11.2. The zero-order valence-electron chi connectivity index (χ0n) is 16.7. The van der Waals surface area contributed by atoms with Crippen LogP contribution in [0.3, 0.4) is 0 Å². The van der Waals surface area contributed by atoms with Gasteiger partial charge in [-0.25, -0.2) is 9.98 Å². The van der Waals surface area contributed by atoms with Crippen molar-refractivity contribution in [3.05, 3.63) is 48.6 Å². The topological polar surface area (TPSA) is 99.8 Å². The molecule has 3 unspecified atom stereocenters. The number of aliphatic hydroxyl groups is 1. The molecular formula is C21H29N5O2. The van der Waals surface area contributed by atoms with Crippen LogP contribution in [0.5, 0.6) is 0 Å². The van der Waals surface area contributed by atoms with Gasteiger partial charge in [0.15, 0.2) is 0 Å². The Morgan fingerprint density at radius 2 is 2.36 bits per heavy atom. The number of allylic oxidation sites excluding steroid dienone is 2. The standard InChI is InChI=1S/C21H29N5O2/c1-5-13(2)6-7-16(25-14(3)22)15-10-24-21-20(15)17(8-9-23-21)26-11-18(27)19(12-26)28-4/h6-10,13,18-19,27H,3,5,11-12,22H2,1-2,4H3,(H,23,24)/b7-6-,25-16+. The fraction of sp³-hybridized carbons (Fsp3) is 0.429. The molecule has 2 aromatic rings. The molecule has 1 fully saturated rings. The fourth-order valence-corrected chi connectivity index (χ4v) is 3.42. The summed E-state index contributed by atoms with van der Waals surface area (Å²) in [6, 6.07) is 1.96. The summed E-state index contributed by atoms with van der Waals surface area (Å²) in [6.07, 6.45) is 8.06. The van der Waals surface area contributed by atoms with Gasteiger partial charge in [0.25, 0.3) is 0 Å². The highest BCUT2D eigenvalue weighted by molar-refractivity contribution is 6.18. The first-order chi connectivity index (χ1) is 13.4. The molecule has 7 nitrogen and oxygen atoms in total. The molecule has 4 N–H and O–H groups in total. The molecule has 0 spiro atoms. The molecule has 3 atom stereocenters. The molecule has 1 aliphatic heterocycles. The van der Waals surface area contributed by atoms with Crippen LogP contribution < -0.4 is 10.6 Å². The van der Waals surface area contributed by atoms with Crippen LogP contribution in [0.15, 0.2) is 48.0 Å². The maximum absolute atomic E-state index is 10.3. The van der Waals surface area contributed by atoms with Gasteiger partial charge < -0.3 is 25.5 Å². The average Bonchev–Trinajstić information content (AvgIpc) is 3.27. The van der Waals surface area contributed by atoms with Gasteiger partial charge in [-0.1, -0.05) is 32.9 Å². The van der Waals surface area contributed by atoms with E-state index in [0.717, 1.165) is 34.4 Å². The Morgan fingerprint density at radius 3 is 3.00 bits per heavy atom. The van der Waals surface area contributed by atoms with E-state index in [1.54, 1.807) is 13.3 Å². The predicted molar refractivity (Wildman–Crippen MR) is 114 cm³/mol. The Labute approximate surface area is 165 Å². The molecule has 1 saturated heterocycles. The minimum Gasteiger partial charge on any atom is -0.388 e. The van der Waals surface area contributed by atoms with Crippen LogP contribution in [0.1, 0.15) is 25.8 Å². The minimum absolute atomic E-state index is 0.215. The number of β-amino-alcohol motifs (C(OH)–C–C–N with tert-alkyl or cyclic N) is 1. The number of aromatic amines is 1. The number of pyridine rings is 1. The number of hydrogen-bond acceptors (Lipinski definition) is 6. The second-order valence-electron chi connectivity index (χ2n) is 7.24. The van der Waals surface area contributed by atoms with E-state index in [1.165, 1.54) is 0 Å². The summed E-state index contributed by atoms with van der Waals surface area (Å²) in [5.74, 6) is 0.676. The molecule has 2 aromatic heterocycles. The summed E-state index contributed by atoms with van der Waals surface area (Å²) in [7, 11) is 1.62. The number of methoxy groups -OCH3 is 1. The molecule has 7 heteroatoms. The number of nitrogens with two attached hydrogens (primary N) is 1. The highest BCUT2D eigenvalue weighted by Gasteiger charge is 2.32. The van der Waals surface area contributed by atoms with E-state index in [9.17, 15) is 5.11 Å². The molecule has 0 aromatic carbocycles. The van der Waals surface area contributed by atoms with Crippen molar-refractivity contribution in [3.63, 3.8) is 0 Å². The van der Waals surface area contributed by atoms with Crippen LogP contribution in [0.4, 0.5) is 5.69 Å². The Kier molecular flexibility index (Phi) is 6.16. The zero-order valence-corrected chi connectivity index (χ0v) is 16.7. The maximum Gasteiger partial charge on any atom is 0.140 e. The lowest BCUT2D eigenvalue weighted by molar-refractivity contribution is 0.0217. The van der Waals surface area contributed by atoms with Crippen molar-refractivity contribution in [2.24, 2.45) is 16.6 Å². The average molecular weight is 383 g/mol. The van der Waals surface area contributed by atoms with Crippen molar-refractivity contribution in [2.75, 3.05) is 25.1 Å². The summed E-state index contributed by atoms with van der Waals surface area (Å²) >= 11 is 0. The van der Waals surface area contributed by atoms with Crippen molar-refractivity contribution in [2.45, 2.75) is 32.5 Å². The van der Waals surface area contributed by atoms with Gasteiger partial charge in [0.1, 0.15) is 17.6 Å². The van der Waals surface area contributed by atoms with E-state index < -0.39 is 6.10 Å². The number of ether oxygens (including phenoxy) is 1. The lowest BCUT2D eigenvalue weighted by atomic mass is 10.0. The molecule has 150 valence electrons. The molecule has 0 aliphatic carbocycles. The van der Waals surface area contributed by atoms with Gasteiger partial charge in [0, 0.05) is 38.2 Å². The molecule has 1 aliphatic rings. The Hall–Kier alpha value is -2.64. The SMILES string of the molecule is C=C(N)/N=C(\C=C/C(C)CC)c1c[nH]c2nccc(N3CC(O)C(OC)C3)c12. The van der Waals surface area contributed by atoms with Crippen molar-refractivity contribution in [1.29, 1.82) is 0 Å². The summed E-state index contributed by atoms with van der Waals surface area (Å²) in [4.78, 5) is 14.3. The fourth-order valence-electron chi connectivity index (χ4n) is 3.42. The van der Waals surface area contributed by atoms with E-state index >= 15 is 0 Å². The summed E-state index contributed by atoms with van der Waals surface area (Å²) < 4.78 is 5.40. The van der Waals surface area contributed by atoms with E-state index in [0.29, 0.717) is 19.0 Å². The number of aliphatic imine (C=N–C) groups is 1. The third-order valence-electron chi connectivity index (χ3n) is 5.20. The van der Waals surface area contributed by atoms with Crippen molar-refractivity contribution in [3.8, 4) is 0 Å². The van der Waals surface area contributed by atoms with Gasteiger partial charge >= 0.3 is 0 Å². The second kappa shape index (κ2) is 8.58. The number of aliphatic hydroxyl groups excluding tert-OH is 1. The van der Waals surface area contributed by atoms with E-state index in [4.69, 9.17) is 10.5 Å². The third kappa shape index (κ3) is 4.10. The van der Waals surface area contributed by atoms with Gasteiger partial charge in [-0.3, -0.25) is 0 Å². The first kappa shape index (κ1) is 20.1. The number of nitrogens with one attached hydrogen (secondary N) is 1. The largest absolute Gasteiger partial charge is 0.388 e. The van der Waals surface area contributed by atoms with Gasteiger partial charge in [-0.05, 0) is 18.1 Å². The number of hydrogen-bond donors (Lipinski definition) is 3. The van der Waals surface area contributed by atoms with Crippen LogP contribution >= 0.6 is 0 Å². The number of anilines is 1. The molecule has 28 heavy (non-hydrogen) atoms. The van der Waals surface area contributed by atoms with E-state index in [1.807, 2.05) is 18.3 Å². The Morgan fingerprint density at radius 1 is 1.57 bits per heavy atom. The smallest absolute Gasteiger partial charge is 0.140 e. The monoisotopic (exact) mass is 383 g/mol. The van der Waals surface area contributed by atoms with E-state index in [-0.39, 0.29) is 11.9 Å². The number of aromatic nitrogens is 2. The van der Waals surface area contributed by atoms with Crippen LogP contribution in [0.2, 0.25) is 0 Å². The predicted octanol–water partition coefficient (Wildman–Crippen LogP) is 2.58. The van der Waals surface area contributed by atoms with Crippen LogP contribution in [-0.2, 0) is 4.74 Å². The molecular weight excluding hydrogens is 354 g/mol. The van der Waals surface area contributed by atoms with Gasteiger partial charge in [0.2, 0.25) is 0 Å². The highest BCUT2D eigenvalue weighted by Crippen LogP contribution is 2.32. The first-order valence-electron chi connectivity index (χ1n) is 9.58. The quantitative estimate of drug-likeness (QED) is 0.638. The van der Waals surface area contributed by atoms with Crippen LogP contribution in [0, 0.1) is 5.92 Å². The maximum atomic E-state index is 10.3. The normalized spacial score (nSPS) is 21.7. The first-order valence-corrected chi connectivity index (χ1v) is 9.58. The van der Waals surface area contributed by atoms with Gasteiger partial charge in [-0.15, -0.1) is 0 Å². The molecule has 0 bridgehead atoms. The van der Waals surface area contributed by atoms with Gasteiger partial charge in [-0.2, -0.15) is 0 Å². The summed E-state index contributed by atoms with van der Waals surface area (Å²) in [6.45, 7) is 9.15. The molecule has 3 rings (SSSR count). The molecule has 0 radical (unpaired) electrons. The number of rotatable bonds is 7. The van der Waals surface area contributed by atoms with Crippen LogP contribution in [-0.4, -0.2) is 53.2 Å². The van der Waals surface area contributed by atoms with Crippen LogP contribution in [0.25, 0.3) is 11.0 Å². The van der Waals surface area contributed by atoms with Crippen molar-refractivity contribution >= 4 is 22.4 Å². The van der Waals surface area contributed by atoms with Crippen molar-refractivity contribution < 1.29 is 9.84 Å². The Balaban J connectivity index is 2.08. The zero-order chi connectivity index (χ0) is 20.3. The number of nitrogens with zero attached hydrogens (tertiary/aromatic N) is 3. The number of H-pyrrole nitrogens is 1. The summed E-state index contributed by atoms with van der Waals surface area (Å²) in [5.41, 5.74) is 9.17. The van der Waals surface area contributed by atoms with Gasteiger partial charge in [0.05, 0.1) is 22.9 Å². The van der Waals surface area contributed by atoms with Crippen molar-refractivity contribution in [1.82, 2.24) is 9.97 Å². The Bertz CT molecular complexity index is 901. The lowest BCUT2D eigenvalue weighted by Crippen LogP contribution is -2.25. The number of fused-ring (bicyclic) bond motifs is 1.